The van der Waals surface area contributed by atoms with E-state index in [1.807, 2.05) is 0 Å². The van der Waals surface area contributed by atoms with Gasteiger partial charge in [-0.3, -0.25) is 0 Å². The highest BCUT2D eigenvalue weighted by Gasteiger charge is 1.98. The molecule has 0 aliphatic carbocycles. The Hall–Kier alpha value is -1.50. The molecule has 1 rings (SSSR count). The number of carbonyl (C=O) groups is 2. The summed E-state index contributed by atoms with van der Waals surface area (Å²) in [5.74, 6) is 0. The standard InChI is InChI=1S/C4H6O6.C2H4O/c5-3(6)9-1-2-10-4(7)8;1-2-3-1/h1-2H2,(H,5,6)(H,7,8);1-2H2. The smallest absolute Gasteiger partial charge is 0.450 e. The molecular weight excluding hydrogens is 184 g/mol. The van der Waals surface area contributed by atoms with Crippen LogP contribution in [0, 0.1) is 0 Å². The lowest BCUT2D eigenvalue weighted by atomic mass is 10.8. The lowest BCUT2D eigenvalue weighted by Gasteiger charge is -1.98. The predicted molar refractivity (Wildman–Crippen MR) is 38.8 cm³/mol. The first kappa shape index (κ1) is 11.5. The number of ether oxygens (including phenoxy) is 3. The Balaban J connectivity index is 0.000000396. The van der Waals surface area contributed by atoms with E-state index in [1.165, 1.54) is 0 Å². The molecule has 0 saturated carbocycles. The molecule has 1 aliphatic rings. The first-order chi connectivity index (χ1) is 6.13. The second kappa shape index (κ2) is 7.17. The van der Waals surface area contributed by atoms with Crippen LogP contribution in [0.25, 0.3) is 0 Å². The molecule has 0 aromatic rings. The van der Waals surface area contributed by atoms with E-state index < -0.39 is 12.3 Å². The molecule has 0 radical (unpaired) electrons. The summed E-state index contributed by atoms with van der Waals surface area (Å²) < 4.78 is 12.3. The van der Waals surface area contributed by atoms with E-state index in [1.54, 1.807) is 0 Å². The molecule has 0 unspecified atom stereocenters. The number of rotatable bonds is 3. The van der Waals surface area contributed by atoms with Gasteiger partial charge in [0.15, 0.2) is 0 Å². The molecule has 0 spiro atoms. The van der Waals surface area contributed by atoms with Crippen molar-refractivity contribution in [2.24, 2.45) is 0 Å². The first-order valence-corrected chi connectivity index (χ1v) is 3.42. The van der Waals surface area contributed by atoms with E-state index in [9.17, 15) is 9.59 Å². The Labute approximate surface area is 73.8 Å². The molecule has 1 heterocycles. The molecule has 7 heteroatoms. The van der Waals surface area contributed by atoms with Gasteiger partial charge >= 0.3 is 12.3 Å². The Morgan fingerprint density at radius 1 is 1.08 bits per heavy atom. The quantitative estimate of drug-likeness (QED) is 0.380. The zero-order valence-corrected chi connectivity index (χ0v) is 6.76. The van der Waals surface area contributed by atoms with Crippen molar-refractivity contribution in [1.29, 1.82) is 0 Å². The Kier molecular flexibility index (Phi) is 6.34. The third kappa shape index (κ3) is 18.0. The van der Waals surface area contributed by atoms with E-state index >= 15 is 0 Å². The highest BCUT2D eigenvalue weighted by molar-refractivity contribution is 5.57. The maximum absolute atomic E-state index is 9.62. The molecule has 2 N–H and O–H groups in total. The molecular formula is C6H10O7. The normalized spacial score (nSPS) is 12.0. The van der Waals surface area contributed by atoms with Crippen LogP contribution in [0.2, 0.25) is 0 Å². The number of hydrogen-bond acceptors (Lipinski definition) is 5. The summed E-state index contributed by atoms with van der Waals surface area (Å²) in [6.07, 6.45) is -2.90. The highest BCUT2D eigenvalue weighted by atomic mass is 16.7. The van der Waals surface area contributed by atoms with Gasteiger partial charge in [-0.2, -0.15) is 0 Å². The summed E-state index contributed by atoms with van der Waals surface area (Å²) in [6, 6.07) is 0. The summed E-state index contributed by atoms with van der Waals surface area (Å²) in [7, 11) is 0. The number of epoxide rings is 1. The molecule has 0 aromatic heterocycles. The molecule has 13 heavy (non-hydrogen) atoms. The van der Waals surface area contributed by atoms with E-state index in [0.29, 0.717) is 0 Å². The van der Waals surface area contributed by atoms with Crippen molar-refractivity contribution in [1.82, 2.24) is 0 Å². The van der Waals surface area contributed by atoms with Gasteiger partial charge in [0.2, 0.25) is 0 Å². The zero-order chi connectivity index (χ0) is 10.1. The summed E-state index contributed by atoms with van der Waals surface area (Å²) in [6.45, 7) is 1.45. The molecule has 1 aliphatic heterocycles. The Bertz CT molecular complexity index is 146. The van der Waals surface area contributed by atoms with Crippen LogP contribution in [0.3, 0.4) is 0 Å². The van der Waals surface area contributed by atoms with Gasteiger partial charge in [-0.1, -0.05) is 0 Å². The first-order valence-electron chi connectivity index (χ1n) is 3.42. The highest BCUT2D eigenvalue weighted by Crippen LogP contribution is 1.84. The second-order valence-corrected chi connectivity index (χ2v) is 1.84. The summed E-state index contributed by atoms with van der Waals surface area (Å²) in [4.78, 5) is 19.2. The average Bonchev–Trinajstić information content (AvgIpc) is 2.82. The molecule has 0 aromatic carbocycles. The fourth-order valence-corrected chi connectivity index (χ4v) is 0.258. The maximum atomic E-state index is 9.62. The SMILES string of the molecule is C1CO1.O=C(O)OCCOC(=O)O. The van der Waals surface area contributed by atoms with Gasteiger partial charge in [-0.15, -0.1) is 0 Å². The molecule has 0 atom stereocenters. The fourth-order valence-electron chi connectivity index (χ4n) is 0.258. The largest absolute Gasteiger partial charge is 0.505 e. The van der Waals surface area contributed by atoms with Crippen LogP contribution in [0.4, 0.5) is 9.59 Å². The third-order valence-corrected chi connectivity index (χ3v) is 0.739. The topological polar surface area (TPSA) is 106 Å². The Morgan fingerprint density at radius 2 is 1.38 bits per heavy atom. The monoisotopic (exact) mass is 194 g/mol. The van der Waals surface area contributed by atoms with Gasteiger partial charge in [-0.25, -0.2) is 9.59 Å². The summed E-state index contributed by atoms with van der Waals surface area (Å²) in [5, 5.41) is 15.7. The Morgan fingerprint density at radius 3 is 1.54 bits per heavy atom. The van der Waals surface area contributed by atoms with Crippen molar-refractivity contribution in [3.63, 3.8) is 0 Å². The lowest BCUT2D eigenvalue weighted by molar-refractivity contribution is 0.0472. The lowest BCUT2D eigenvalue weighted by Crippen LogP contribution is -2.10. The van der Waals surface area contributed by atoms with Crippen LogP contribution < -0.4 is 0 Å². The van der Waals surface area contributed by atoms with E-state index in [4.69, 9.17) is 10.2 Å². The van der Waals surface area contributed by atoms with Gasteiger partial charge in [0.05, 0.1) is 13.2 Å². The van der Waals surface area contributed by atoms with Crippen LogP contribution in [-0.4, -0.2) is 49.0 Å². The molecule has 0 amide bonds. The van der Waals surface area contributed by atoms with Gasteiger partial charge in [0, 0.05) is 0 Å². The van der Waals surface area contributed by atoms with Gasteiger partial charge in [-0.05, 0) is 0 Å². The minimum atomic E-state index is -1.45. The predicted octanol–water partition coefficient (Wildman–Crippen LogP) is 0.392. The van der Waals surface area contributed by atoms with E-state index in [0.717, 1.165) is 13.2 Å². The van der Waals surface area contributed by atoms with Crippen LogP contribution >= 0.6 is 0 Å². The van der Waals surface area contributed by atoms with Crippen molar-refractivity contribution < 1.29 is 34.0 Å². The van der Waals surface area contributed by atoms with Crippen LogP contribution in [0.5, 0.6) is 0 Å². The number of hydrogen-bond donors (Lipinski definition) is 2. The summed E-state index contributed by atoms with van der Waals surface area (Å²) >= 11 is 0. The van der Waals surface area contributed by atoms with Gasteiger partial charge < -0.3 is 24.4 Å². The molecule has 1 fully saturated rings. The average molecular weight is 194 g/mol. The molecule has 7 nitrogen and oxygen atoms in total. The van der Waals surface area contributed by atoms with Crippen LogP contribution in [0.15, 0.2) is 0 Å². The minimum absolute atomic E-state index is 0.276. The number of carboxylic acid groups (broad SMARTS) is 2. The van der Waals surface area contributed by atoms with Gasteiger partial charge in [0.25, 0.3) is 0 Å². The molecule has 1 saturated heterocycles. The second-order valence-electron chi connectivity index (χ2n) is 1.84. The van der Waals surface area contributed by atoms with E-state index in [-0.39, 0.29) is 13.2 Å². The van der Waals surface area contributed by atoms with Crippen LogP contribution in [0.1, 0.15) is 0 Å². The van der Waals surface area contributed by atoms with Crippen LogP contribution in [-0.2, 0) is 14.2 Å². The molecule has 76 valence electrons. The summed E-state index contributed by atoms with van der Waals surface area (Å²) in [5.41, 5.74) is 0. The minimum Gasteiger partial charge on any atom is -0.450 e. The maximum Gasteiger partial charge on any atom is 0.505 e. The zero-order valence-electron chi connectivity index (χ0n) is 6.76. The van der Waals surface area contributed by atoms with Crippen molar-refractivity contribution in [3.05, 3.63) is 0 Å². The van der Waals surface area contributed by atoms with E-state index in [2.05, 4.69) is 14.2 Å². The van der Waals surface area contributed by atoms with Crippen molar-refractivity contribution in [2.45, 2.75) is 0 Å². The molecule has 0 bridgehead atoms. The van der Waals surface area contributed by atoms with Crippen molar-refractivity contribution >= 4 is 12.3 Å². The third-order valence-electron chi connectivity index (χ3n) is 0.739. The van der Waals surface area contributed by atoms with Gasteiger partial charge in [0.1, 0.15) is 13.2 Å². The fraction of sp³-hybridized carbons (Fsp3) is 0.667. The van der Waals surface area contributed by atoms with Crippen molar-refractivity contribution in [3.8, 4) is 0 Å². The van der Waals surface area contributed by atoms with Crippen molar-refractivity contribution in [2.75, 3.05) is 26.4 Å².